The van der Waals surface area contributed by atoms with E-state index in [4.69, 9.17) is 0 Å². The van der Waals surface area contributed by atoms with Crippen LogP contribution >= 0.6 is 0 Å². The van der Waals surface area contributed by atoms with Crippen LogP contribution in [0.25, 0.3) is 0 Å². The number of piperidine rings is 1. The Kier molecular flexibility index (Phi) is 18.0. The fourth-order valence-electron chi connectivity index (χ4n) is 1.39. The van der Waals surface area contributed by atoms with Gasteiger partial charge in [0.2, 0.25) is 0 Å². The second-order valence-corrected chi connectivity index (χ2v) is 3.32. The van der Waals surface area contributed by atoms with Crippen molar-refractivity contribution in [2.45, 2.75) is 67.7 Å². The highest BCUT2D eigenvalue weighted by atomic mass is 19.3. The molecule has 1 unspecified atom stereocenters. The van der Waals surface area contributed by atoms with Crippen LogP contribution in [0.4, 0.5) is 8.78 Å². The highest BCUT2D eigenvalue weighted by Crippen LogP contribution is 2.31. The van der Waals surface area contributed by atoms with E-state index >= 15 is 0 Å². The summed E-state index contributed by atoms with van der Waals surface area (Å²) in [6, 6.07) is 0. The number of nitrogens with zero attached hydrogens (tertiary/aromatic N) is 1. The molecule has 1 rings (SSSR count). The third-order valence-electron chi connectivity index (χ3n) is 2.48. The SMILES string of the molecule is CC.CC.CC.CCN1CCC(C)C(F)(F)C1. The molecule has 1 atom stereocenters. The van der Waals surface area contributed by atoms with Crippen molar-refractivity contribution >= 4 is 0 Å². The van der Waals surface area contributed by atoms with Crippen molar-refractivity contribution in [3.63, 3.8) is 0 Å². The van der Waals surface area contributed by atoms with Crippen molar-refractivity contribution in [1.82, 2.24) is 4.90 Å². The third-order valence-corrected chi connectivity index (χ3v) is 2.48. The molecule has 0 radical (unpaired) electrons. The van der Waals surface area contributed by atoms with E-state index in [9.17, 15) is 8.78 Å². The highest BCUT2D eigenvalue weighted by molar-refractivity contribution is 4.83. The van der Waals surface area contributed by atoms with Gasteiger partial charge in [-0.1, -0.05) is 55.4 Å². The summed E-state index contributed by atoms with van der Waals surface area (Å²) in [5, 5.41) is 0. The molecule has 1 aliphatic heterocycles. The van der Waals surface area contributed by atoms with Crippen molar-refractivity contribution < 1.29 is 8.78 Å². The van der Waals surface area contributed by atoms with Crippen LogP contribution in [0.15, 0.2) is 0 Å². The minimum absolute atomic E-state index is 0.0509. The van der Waals surface area contributed by atoms with E-state index in [1.807, 2.05) is 48.5 Å². The van der Waals surface area contributed by atoms with E-state index in [0.717, 1.165) is 13.1 Å². The molecule has 0 aromatic heterocycles. The lowest BCUT2D eigenvalue weighted by Crippen LogP contribution is -2.47. The van der Waals surface area contributed by atoms with Crippen LogP contribution in [0.1, 0.15) is 61.8 Å². The van der Waals surface area contributed by atoms with Crippen molar-refractivity contribution in [3.05, 3.63) is 0 Å². The molecule has 0 spiro atoms. The lowest BCUT2D eigenvalue weighted by atomic mass is 9.95. The first-order valence-electron chi connectivity index (χ1n) is 7.16. The summed E-state index contributed by atoms with van der Waals surface area (Å²) in [5.41, 5.74) is 0. The Labute approximate surface area is 108 Å². The minimum Gasteiger partial charge on any atom is -0.298 e. The molecular formula is C14H33F2N. The molecule has 1 aliphatic rings. The average molecular weight is 253 g/mol. The molecule has 1 nitrogen and oxygen atoms in total. The van der Waals surface area contributed by atoms with E-state index in [2.05, 4.69) is 0 Å². The molecule has 0 aromatic carbocycles. The van der Waals surface area contributed by atoms with Gasteiger partial charge in [-0.2, -0.15) is 0 Å². The molecule has 0 aliphatic carbocycles. The van der Waals surface area contributed by atoms with Crippen LogP contribution in [-0.4, -0.2) is 30.5 Å². The normalized spacial score (nSPS) is 21.9. The molecular weight excluding hydrogens is 220 g/mol. The van der Waals surface area contributed by atoms with Gasteiger partial charge in [0, 0.05) is 5.92 Å². The summed E-state index contributed by atoms with van der Waals surface area (Å²) in [6.45, 7) is 17.1. The van der Waals surface area contributed by atoms with Gasteiger partial charge in [0.1, 0.15) is 0 Å². The molecule has 1 saturated heterocycles. The molecule has 17 heavy (non-hydrogen) atoms. The first kappa shape index (κ1) is 22.0. The fraction of sp³-hybridized carbons (Fsp3) is 1.00. The van der Waals surface area contributed by atoms with Gasteiger partial charge in [-0.3, -0.25) is 4.90 Å². The summed E-state index contributed by atoms with van der Waals surface area (Å²) < 4.78 is 26.0. The molecule has 0 saturated carbocycles. The molecule has 0 amide bonds. The molecule has 0 aromatic rings. The first-order chi connectivity index (χ1) is 8.06. The maximum absolute atomic E-state index is 13.0. The van der Waals surface area contributed by atoms with Gasteiger partial charge in [0.15, 0.2) is 0 Å². The van der Waals surface area contributed by atoms with E-state index < -0.39 is 11.8 Å². The zero-order valence-corrected chi connectivity index (χ0v) is 13.1. The Balaban J connectivity index is -0.000000285. The monoisotopic (exact) mass is 253 g/mol. The summed E-state index contributed by atoms with van der Waals surface area (Å²) >= 11 is 0. The lowest BCUT2D eigenvalue weighted by Gasteiger charge is -2.36. The van der Waals surface area contributed by atoms with Gasteiger partial charge < -0.3 is 0 Å². The number of hydrogen-bond acceptors (Lipinski definition) is 1. The van der Waals surface area contributed by atoms with Gasteiger partial charge in [-0.05, 0) is 19.5 Å². The Morgan fingerprint density at radius 3 is 1.76 bits per heavy atom. The molecule has 108 valence electrons. The predicted molar refractivity (Wildman–Crippen MR) is 74.9 cm³/mol. The standard InChI is InChI=1S/C8H15F2N.3C2H6/c1-3-11-5-4-7(2)8(9,10)6-11;3*1-2/h7H,3-6H2,1-2H3;3*1-2H3. The largest absolute Gasteiger partial charge is 0.298 e. The Morgan fingerprint density at radius 2 is 1.47 bits per heavy atom. The topological polar surface area (TPSA) is 3.24 Å². The zero-order chi connectivity index (χ0) is 14.5. The van der Waals surface area contributed by atoms with Crippen LogP contribution in [0.3, 0.4) is 0 Å². The number of halogens is 2. The number of alkyl halides is 2. The molecule has 3 heteroatoms. The minimum atomic E-state index is -2.46. The summed E-state index contributed by atoms with van der Waals surface area (Å²) in [6.07, 6.45) is 0.626. The van der Waals surface area contributed by atoms with Crippen LogP contribution in [0.5, 0.6) is 0 Å². The smallest absolute Gasteiger partial charge is 0.263 e. The lowest BCUT2D eigenvalue weighted by molar-refractivity contribution is -0.103. The van der Waals surface area contributed by atoms with Gasteiger partial charge in [0.05, 0.1) is 6.54 Å². The zero-order valence-electron chi connectivity index (χ0n) is 13.1. The van der Waals surface area contributed by atoms with E-state index in [-0.39, 0.29) is 6.54 Å². The quantitative estimate of drug-likeness (QED) is 0.631. The second-order valence-electron chi connectivity index (χ2n) is 3.32. The van der Waals surface area contributed by atoms with Crippen LogP contribution in [-0.2, 0) is 0 Å². The second kappa shape index (κ2) is 13.9. The fourth-order valence-corrected chi connectivity index (χ4v) is 1.39. The maximum atomic E-state index is 13.0. The Bertz CT molecular complexity index is 138. The molecule has 0 N–H and O–H groups in total. The van der Waals surface area contributed by atoms with Gasteiger partial charge in [-0.25, -0.2) is 8.78 Å². The van der Waals surface area contributed by atoms with Crippen LogP contribution in [0, 0.1) is 5.92 Å². The predicted octanol–water partition coefficient (Wildman–Crippen LogP) is 5.06. The first-order valence-corrected chi connectivity index (χ1v) is 7.16. The molecule has 1 fully saturated rings. The van der Waals surface area contributed by atoms with E-state index in [1.165, 1.54) is 0 Å². The summed E-state index contributed by atoms with van der Waals surface area (Å²) in [4.78, 5) is 1.81. The molecule has 0 bridgehead atoms. The summed E-state index contributed by atoms with van der Waals surface area (Å²) in [7, 11) is 0. The van der Waals surface area contributed by atoms with Crippen molar-refractivity contribution in [3.8, 4) is 0 Å². The van der Waals surface area contributed by atoms with Gasteiger partial charge >= 0.3 is 0 Å². The average Bonchev–Trinajstić information content (AvgIpc) is 2.40. The van der Waals surface area contributed by atoms with Crippen LogP contribution in [0.2, 0.25) is 0 Å². The van der Waals surface area contributed by atoms with Crippen LogP contribution < -0.4 is 0 Å². The highest BCUT2D eigenvalue weighted by Gasteiger charge is 2.40. The number of likely N-dealkylation sites (tertiary alicyclic amines) is 1. The number of rotatable bonds is 1. The van der Waals surface area contributed by atoms with Crippen molar-refractivity contribution in [2.24, 2.45) is 5.92 Å². The van der Waals surface area contributed by atoms with Gasteiger partial charge in [-0.15, -0.1) is 0 Å². The van der Waals surface area contributed by atoms with E-state index in [0.29, 0.717) is 6.42 Å². The summed E-state index contributed by atoms with van der Waals surface area (Å²) in [5.74, 6) is -2.90. The maximum Gasteiger partial charge on any atom is 0.263 e. The molecule has 1 heterocycles. The number of hydrogen-bond donors (Lipinski definition) is 0. The van der Waals surface area contributed by atoms with E-state index in [1.54, 1.807) is 11.8 Å². The Morgan fingerprint density at radius 1 is 1.06 bits per heavy atom. The van der Waals surface area contributed by atoms with Crippen molar-refractivity contribution in [1.29, 1.82) is 0 Å². The van der Waals surface area contributed by atoms with Crippen molar-refractivity contribution in [2.75, 3.05) is 19.6 Å². The third kappa shape index (κ3) is 9.51. The van der Waals surface area contributed by atoms with Gasteiger partial charge in [0.25, 0.3) is 5.92 Å². The Hall–Kier alpha value is -0.180.